The Balaban J connectivity index is 1.69. The third-order valence-corrected chi connectivity index (χ3v) is 8.25. The Morgan fingerprint density at radius 2 is 2.02 bits per heavy atom. The van der Waals surface area contributed by atoms with Gasteiger partial charge in [0.15, 0.2) is 17.4 Å². The number of benzene rings is 2. The van der Waals surface area contributed by atoms with Crippen molar-refractivity contribution in [2.24, 2.45) is 0 Å². The number of hydrogen-bond acceptors (Lipinski definition) is 7. The van der Waals surface area contributed by atoms with Crippen LogP contribution in [0.4, 0.5) is 14.6 Å². The third kappa shape index (κ3) is 4.58. The zero-order chi connectivity index (χ0) is 30.7. The minimum atomic E-state index is -1.09. The summed E-state index contributed by atoms with van der Waals surface area (Å²) >= 11 is 6.47. The summed E-state index contributed by atoms with van der Waals surface area (Å²) in [5.41, 5.74) is 1.49. The van der Waals surface area contributed by atoms with Crippen LogP contribution in [0, 0.1) is 12.7 Å². The van der Waals surface area contributed by atoms with Crippen molar-refractivity contribution < 1.29 is 23.4 Å². The number of piperazine rings is 1. The second kappa shape index (κ2) is 10.6. The van der Waals surface area contributed by atoms with Crippen LogP contribution in [0.25, 0.3) is 27.7 Å². The standard InChI is InChI=1S/C31H28ClF2N5O4/c1-15(2)26-27(16(3)8-9-35-26)39-21-12-19(23-20(32)6-5-7-22(23)40)25(34)28-24(21)29(36-31(39)42)38-11-10-37(30(41)17(4)33)13-18(38)14-43-28/h5-9,12,15,18,40H,4,10-11,13-14H2,1-3H3. The molecule has 1 amide bonds. The molecular formula is C31H28ClF2N5O4. The molecule has 222 valence electrons. The number of phenols is 1. The zero-order valence-electron chi connectivity index (χ0n) is 23.7. The Morgan fingerprint density at radius 1 is 1.26 bits per heavy atom. The topological polar surface area (TPSA) is 101 Å². The van der Waals surface area contributed by atoms with Crippen LogP contribution in [0.2, 0.25) is 5.02 Å². The lowest BCUT2D eigenvalue weighted by atomic mass is 9.99. The molecule has 1 atom stereocenters. The fraction of sp³-hybridized carbons (Fsp3) is 0.290. The Bertz CT molecular complexity index is 1870. The fourth-order valence-corrected chi connectivity index (χ4v) is 6.20. The van der Waals surface area contributed by atoms with E-state index in [1.165, 1.54) is 33.7 Å². The predicted molar refractivity (Wildman–Crippen MR) is 159 cm³/mol. The second-order valence-electron chi connectivity index (χ2n) is 11.0. The van der Waals surface area contributed by atoms with Crippen molar-refractivity contribution in [1.29, 1.82) is 0 Å². The van der Waals surface area contributed by atoms with Crippen molar-refractivity contribution in [3.63, 3.8) is 0 Å². The molecule has 0 bridgehead atoms. The highest BCUT2D eigenvalue weighted by Gasteiger charge is 2.38. The average molecular weight is 608 g/mol. The molecule has 2 aliphatic rings. The van der Waals surface area contributed by atoms with Crippen LogP contribution in [0.1, 0.15) is 31.0 Å². The first-order valence-electron chi connectivity index (χ1n) is 13.8. The molecule has 0 spiro atoms. The van der Waals surface area contributed by atoms with E-state index < -0.39 is 29.3 Å². The number of halogens is 3. The highest BCUT2D eigenvalue weighted by Crippen LogP contribution is 2.46. The number of anilines is 1. The summed E-state index contributed by atoms with van der Waals surface area (Å²) in [5.74, 6) is -3.06. The van der Waals surface area contributed by atoms with E-state index in [-0.39, 0.29) is 76.5 Å². The van der Waals surface area contributed by atoms with Gasteiger partial charge in [0.2, 0.25) is 0 Å². The molecule has 2 aromatic carbocycles. The highest BCUT2D eigenvalue weighted by molar-refractivity contribution is 6.33. The molecule has 1 N–H and O–H groups in total. The Hall–Kier alpha value is -4.51. The number of fused-ring (bicyclic) bond motifs is 2. The van der Waals surface area contributed by atoms with Gasteiger partial charge in [0.05, 0.1) is 33.3 Å². The molecule has 0 radical (unpaired) electrons. The molecule has 9 nitrogen and oxygen atoms in total. The summed E-state index contributed by atoms with van der Waals surface area (Å²) in [6.07, 6.45) is 1.66. The number of phenolic OH excluding ortho intramolecular Hbond substituents is 1. The first-order valence-corrected chi connectivity index (χ1v) is 14.1. The SMILES string of the molecule is C=C(F)C(=O)N1CCN2c3nc(=O)n(-c4c(C)ccnc4C(C)C)c4cc(-c5c(O)cccc5Cl)c(F)c(c34)OCC2C1. The largest absolute Gasteiger partial charge is 0.507 e. The van der Waals surface area contributed by atoms with Gasteiger partial charge in [-0.05, 0) is 42.7 Å². The summed E-state index contributed by atoms with van der Waals surface area (Å²) in [4.78, 5) is 38.5. The second-order valence-corrected chi connectivity index (χ2v) is 11.4. The minimum Gasteiger partial charge on any atom is -0.507 e. The van der Waals surface area contributed by atoms with Gasteiger partial charge in [0.25, 0.3) is 5.91 Å². The molecule has 2 aromatic heterocycles. The summed E-state index contributed by atoms with van der Waals surface area (Å²) < 4.78 is 37.8. The number of ether oxygens (including phenoxy) is 1. The van der Waals surface area contributed by atoms with E-state index in [2.05, 4.69) is 16.5 Å². The van der Waals surface area contributed by atoms with Crippen LogP contribution in [0.5, 0.6) is 11.5 Å². The Kier molecular flexibility index (Phi) is 7.08. The quantitative estimate of drug-likeness (QED) is 0.316. The van der Waals surface area contributed by atoms with Crippen molar-refractivity contribution >= 4 is 34.2 Å². The van der Waals surface area contributed by atoms with E-state index in [1.807, 2.05) is 20.8 Å². The van der Waals surface area contributed by atoms with E-state index in [1.54, 1.807) is 17.2 Å². The summed E-state index contributed by atoms with van der Waals surface area (Å²) in [7, 11) is 0. The van der Waals surface area contributed by atoms with Gasteiger partial charge >= 0.3 is 5.69 Å². The minimum absolute atomic E-state index is 0.0352. The smallest absolute Gasteiger partial charge is 0.354 e. The molecule has 4 aromatic rings. The fourth-order valence-electron chi connectivity index (χ4n) is 5.93. The van der Waals surface area contributed by atoms with Gasteiger partial charge in [-0.25, -0.2) is 13.6 Å². The number of nitrogens with zero attached hydrogens (tertiary/aromatic N) is 5. The van der Waals surface area contributed by atoms with Crippen molar-refractivity contribution in [3.8, 4) is 28.3 Å². The summed E-state index contributed by atoms with van der Waals surface area (Å²) in [6, 6.07) is 7.12. The van der Waals surface area contributed by atoms with Crippen molar-refractivity contribution in [2.75, 3.05) is 31.1 Å². The first kappa shape index (κ1) is 28.6. The van der Waals surface area contributed by atoms with E-state index in [0.29, 0.717) is 11.4 Å². The van der Waals surface area contributed by atoms with Gasteiger partial charge in [0.1, 0.15) is 18.2 Å². The number of carbonyl (C=O) groups is 1. The van der Waals surface area contributed by atoms with Crippen LogP contribution < -0.4 is 15.3 Å². The number of rotatable bonds is 4. The lowest BCUT2D eigenvalue weighted by Crippen LogP contribution is -2.57. The summed E-state index contributed by atoms with van der Waals surface area (Å²) in [5, 5.41) is 11.1. The Morgan fingerprint density at radius 3 is 2.72 bits per heavy atom. The molecule has 0 saturated carbocycles. The molecule has 2 aliphatic heterocycles. The van der Waals surface area contributed by atoms with E-state index >= 15 is 4.39 Å². The van der Waals surface area contributed by atoms with Crippen molar-refractivity contribution in [1.82, 2.24) is 19.4 Å². The van der Waals surface area contributed by atoms with Gasteiger partial charge in [-0.15, -0.1) is 0 Å². The van der Waals surface area contributed by atoms with Crippen LogP contribution >= 0.6 is 11.6 Å². The zero-order valence-corrected chi connectivity index (χ0v) is 24.5. The molecule has 1 fully saturated rings. The summed E-state index contributed by atoms with van der Waals surface area (Å²) in [6.45, 7) is 9.13. The van der Waals surface area contributed by atoms with Crippen molar-refractivity contribution in [2.45, 2.75) is 32.7 Å². The maximum absolute atomic E-state index is 16.6. The molecule has 6 rings (SSSR count). The number of aryl methyl sites for hydroxylation is 1. The van der Waals surface area contributed by atoms with E-state index in [4.69, 9.17) is 16.3 Å². The van der Waals surface area contributed by atoms with Gasteiger partial charge in [-0.2, -0.15) is 4.98 Å². The molecule has 43 heavy (non-hydrogen) atoms. The van der Waals surface area contributed by atoms with Crippen LogP contribution in [-0.4, -0.2) is 62.7 Å². The number of amides is 1. The lowest BCUT2D eigenvalue weighted by Gasteiger charge is -2.40. The lowest BCUT2D eigenvalue weighted by molar-refractivity contribution is -0.129. The Labute approximate surface area is 250 Å². The van der Waals surface area contributed by atoms with Gasteiger partial charge < -0.3 is 19.6 Å². The predicted octanol–water partition coefficient (Wildman–Crippen LogP) is 5.27. The maximum atomic E-state index is 16.6. The number of hydrogen-bond donors (Lipinski definition) is 1. The maximum Gasteiger partial charge on any atom is 0.354 e. The number of pyridine rings is 1. The number of carbonyl (C=O) groups excluding carboxylic acids is 1. The van der Waals surface area contributed by atoms with E-state index in [9.17, 15) is 19.1 Å². The van der Waals surface area contributed by atoms with Gasteiger partial charge in [0, 0.05) is 37.0 Å². The van der Waals surface area contributed by atoms with Crippen LogP contribution in [0.3, 0.4) is 0 Å². The normalized spacial score (nSPS) is 16.2. The van der Waals surface area contributed by atoms with E-state index in [0.717, 1.165) is 5.56 Å². The molecule has 0 aliphatic carbocycles. The highest BCUT2D eigenvalue weighted by atomic mass is 35.5. The first-order chi connectivity index (χ1) is 20.5. The molecule has 1 unspecified atom stereocenters. The van der Waals surface area contributed by atoms with Crippen molar-refractivity contribution in [3.05, 3.63) is 81.5 Å². The number of aromatic nitrogens is 3. The van der Waals surface area contributed by atoms with Crippen LogP contribution in [-0.2, 0) is 4.79 Å². The van der Waals surface area contributed by atoms with Gasteiger partial charge in [-0.3, -0.25) is 14.3 Å². The molecular weight excluding hydrogens is 580 g/mol. The third-order valence-electron chi connectivity index (χ3n) is 7.94. The molecule has 4 heterocycles. The van der Waals surface area contributed by atoms with Crippen LogP contribution in [0.15, 0.2) is 53.7 Å². The number of aromatic hydroxyl groups is 1. The molecule has 1 saturated heterocycles. The average Bonchev–Trinajstić information content (AvgIpc) is 3.12. The van der Waals surface area contributed by atoms with Gasteiger partial charge in [-0.1, -0.05) is 38.1 Å². The molecule has 12 heteroatoms. The monoisotopic (exact) mass is 607 g/mol.